The number of amides is 3. The third kappa shape index (κ3) is 7.00. The van der Waals surface area contributed by atoms with Crippen molar-refractivity contribution in [3.63, 3.8) is 0 Å². The summed E-state index contributed by atoms with van der Waals surface area (Å²) in [6.45, 7) is 3.06. The lowest BCUT2D eigenvalue weighted by atomic mass is 10.00. The second-order valence-corrected chi connectivity index (χ2v) is 6.57. The van der Waals surface area contributed by atoms with E-state index in [0.717, 1.165) is 24.0 Å². The van der Waals surface area contributed by atoms with E-state index < -0.39 is 0 Å². The third-order valence-corrected chi connectivity index (χ3v) is 4.26. The Bertz CT molecular complexity index is 515. The number of hydrogen-bond donors (Lipinski definition) is 4. The number of piperidine rings is 1. The van der Waals surface area contributed by atoms with Crippen LogP contribution in [0.15, 0.2) is 28.7 Å². The normalized spacial score (nSPS) is 17.3. The Morgan fingerprint density at radius 1 is 1.22 bits per heavy atom. The first-order valence-corrected chi connectivity index (χ1v) is 8.70. The van der Waals surface area contributed by atoms with E-state index in [2.05, 4.69) is 37.2 Å². The van der Waals surface area contributed by atoms with Gasteiger partial charge in [0.05, 0.1) is 0 Å². The van der Waals surface area contributed by atoms with Crippen molar-refractivity contribution in [2.45, 2.75) is 19.3 Å². The number of halogens is 1. The van der Waals surface area contributed by atoms with Crippen LogP contribution in [0.4, 0.5) is 10.5 Å². The zero-order valence-corrected chi connectivity index (χ0v) is 14.6. The molecule has 0 spiro atoms. The van der Waals surface area contributed by atoms with Gasteiger partial charge in [-0.25, -0.2) is 4.79 Å². The maximum Gasteiger partial charge on any atom is 0.319 e. The molecule has 1 fully saturated rings. The van der Waals surface area contributed by atoms with Gasteiger partial charge in [-0.3, -0.25) is 4.79 Å². The van der Waals surface area contributed by atoms with Crippen LogP contribution in [-0.4, -0.2) is 38.1 Å². The number of benzene rings is 1. The molecule has 1 saturated heterocycles. The van der Waals surface area contributed by atoms with E-state index in [1.165, 1.54) is 6.42 Å². The Balaban J connectivity index is 1.57. The molecular weight excluding hydrogens is 360 g/mol. The Morgan fingerprint density at radius 3 is 2.70 bits per heavy atom. The summed E-state index contributed by atoms with van der Waals surface area (Å²) in [4.78, 5) is 23.5. The topological polar surface area (TPSA) is 82.3 Å². The minimum absolute atomic E-state index is 0.0282. The summed E-state index contributed by atoms with van der Waals surface area (Å²) in [6, 6.07) is 6.99. The molecule has 0 bridgehead atoms. The molecule has 4 N–H and O–H groups in total. The molecule has 1 aromatic carbocycles. The maximum absolute atomic E-state index is 11.8. The molecule has 1 aliphatic rings. The van der Waals surface area contributed by atoms with Crippen molar-refractivity contribution in [3.8, 4) is 0 Å². The molecule has 2 rings (SSSR count). The van der Waals surface area contributed by atoms with E-state index in [4.69, 9.17) is 0 Å². The summed E-state index contributed by atoms with van der Waals surface area (Å²) >= 11 is 3.34. The highest BCUT2D eigenvalue weighted by Crippen LogP contribution is 2.13. The lowest BCUT2D eigenvalue weighted by molar-refractivity contribution is -0.121. The number of rotatable bonds is 6. The van der Waals surface area contributed by atoms with Crippen LogP contribution >= 0.6 is 15.9 Å². The minimum atomic E-state index is -0.309. The summed E-state index contributed by atoms with van der Waals surface area (Å²) in [7, 11) is 0. The van der Waals surface area contributed by atoms with Crippen molar-refractivity contribution in [1.82, 2.24) is 16.0 Å². The van der Waals surface area contributed by atoms with Crippen molar-refractivity contribution in [1.29, 1.82) is 0 Å². The highest BCUT2D eigenvalue weighted by molar-refractivity contribution is 9.10. The second kappa shape index (κ2) is 9.52. The van der Waals surface area contributed by atoms with E-state index in [9.17, 15) is 9.59 Å². The third-order valence-electron chi connectivity index (χ3n) is 3.73. The molecule has 23 heavy (non-hydrogen) atoms. The average Bonchev–Trinajstić information content (AvgIpc) is 2.56. The van der Waals surface area contributed by atoms with Gasteiger partial charge < -0.3 is 21.3 Å². The molecule has 3 amide bonds. The van der Waals surface area contributed by atoms with Crippen LogP contribution in [0.1, 0.15) is 19.3 Å². The van der Waals surface area contributed by atoms with Crippen LogP contribution in [-0.2, 0) is 4.79 Å². The highest BCUT2D eigenvalue weighted by Gasteiger charge is 2.13. The fraction of sp³-hybridized carbons (Fsp3) is 0.500. The number of anilines is 1. The van der Waals surface area contributed by atoms with E-state index in [-0.39, 0.29) is 18.4 Å². The predicted molar refractivity (Wildman–Crippen MR) is 94.4 cm³/mol. The average molecular weight is 383 g/mol. The van der Waals surface area contributed by atoms with Gasteiger partial charge in [0.2, 0.25) is 5.91 Å². The lowest BCUT2D eigenvalue weighted by Gasteiger charge is -2.22. The SMILES string of the molecule is O=C(CCNC(=O)Nc1ccc(Br)cc1)NCC1CCCNC1. The van der Waals surface area contributed by atoms with Crippen LogP contribution < -0.4 is 21.3 Å². The molecular formula is C16H23BrN4O2. The van der Waals surface area contributed by atoms with Gasteiger partial charge in [-0.2, -0.15) is 0 Å². The molecule has 1 atom stereocenters. The smallest absolute Gasteiger partial charge is 0.319 e. The minimum Gasteiger partial charge on any atom is -0.356 e. The summed E-state index contributed by atoms with van der Waals surface area (Å²) < 4.78 is 0.952. The largest absolute Gasteiger partial charge is 0.356 e. The number of carbonyl (C=O) groups excluding carboxylic acids is 2. The molecule has 126 valence electrons. The van der Waals surface area contributed by atoms with Gasteiger partial charge in [-0.15, -0.1) is 0 Å². The van der Waals surface area contributed by atoms with Gasteiger partial charge in [0.1, 0.15) is 0 Å². The number of hydrogen-bond acceptors (Lipinski definition) is 3. The first-order valence-electron chi connectivity index (χ1n) is 7.91. The molecule has 7 heteroatoms. The highest BCUT2D eigenvalue weighted by atomic mass is 79.9. The van der Waals surface area contributed by atoms with E-state index in [1.807, 2.05) is 12.1 Å². The van der Waals surface area contributed by atoms with Crippen LogP contribution in [0, 0.1) is 5.92 Å². The lowest BCUT2D eigenvalue weighted by Crippen LogP contribution is -2.39. The monoisotopic (exact) mass is 382 g/mol. The number of nitrogens with one attached hydrogen (secondary N) is 4. The summed E-state index contributed by atoms with van der Waals surface area (Å²) in [5.74, 6) is 0.487. The van der Waals surface area contributed by atoms with Gasteiger partial charge in [-0.05, 0) is 56.1 Å². The fourth-order valence-electron chi connectivity index (χ4n) is 2.44. The summed E-state index contributed by atoms with van der Waals surface area (Å²) in [5.41, 5.74) is 0.708. The Hall–Kier alpha value is -1.60. The van der Waals surface area contributed by atoms with Crippen LogP contribution in [0.3, 0.4) is 0 Å². The van der Waals surface area contributed by atoms with Gasteiger partial charge in [0.25, 0.3) is 0 Å². The quantitative estimate of drug-likeness (QED) is 0.607. The Labute approximate surface area is 144 Å². The first-order chi connectivity index (χ1) is 11.1. The van der Waals surface area contributed by atoms with E-state index in [0.29, 0.717) is 24.7 Å². The van der Waals surface area contributed by atoms with Crippen LogP contribution in [0.2, 0.25) is 0 Å². The van der Waals surface area contributed by atoms with E-state index >= 15 is 0 Å². The second-order valence-electron chi connectivity index (χ2n) is 5.65. The van der Waals surface area contributed by atoms with Crippen LogP contribution in [0.25, 0.3) is 0 Å². The van der Waals surface area contributed by atoms with Gasteiger partial charge in [0, 0.05) is 29.7 Å². The maximum atomic E-state index is 11.8. The summed E-state index contributed by atoms with van der Waals surface area (Å²) in [5, 5.41) is 11.6. The first kappa shape index (κ1) is 17.7. The Morgan fingerprint density at radius 2 is 2.00 bits per heavy atom. The fourth-order valence-corrected chi connectivity index (χ4v) is 2.71. The molecule has 0 saturated carbocycles. The number of urea groups is 1. The summed E-state index contributed by atoms with van der Waals surface area (Å²) in [6.07, 6.45) is 2.60. The van der Waals surface area contributed by atoms with Crippen LogP contribution in [0.5, 0.6) is 0 Å². The molecule has 0 aliphatic carbocycles. The zero-order chi connectivity index (χ0) is 16.5. The molecule has 0 aromatic heterocycles. The molecule has 1 unspecified atom stereocenters. The zero-order valence-electron chi connectivity index (χ0n) is 13.0. The van der Waals surface area contributed by atoms with Crippen molar-refractivity contribution in [3.05, 3.63) is 28.7 Å². The van der Waals surface area contributed by atoms with Gasteiger partial charge in [-0.1, -0.05) is 15.9 Å². The van der Waals surface area contributed by atoms with Crippen molar-refractivity contribution in [2.24, 2.45) is 5.92 Å². The molecule has 6 nitrogen and oxygen atoms in total. The van der Waals surface area contributed by atoms with Gasteiger partial charge in [0.15, 0.2) is 0 Å². The molecule has 0 radical (unpaired) electrons. The molecule has 1 heterocycles. The Kier molecular flexibility index (Phi) is 7.35. The molecule has 1 aliphatic heterocycles. The molecule has 1 aromatic rings. The van der Waals surface area contributed by atoms with Gasteiger partial charge >= 0.3 is 6.03 Å². The predicted octanol–water partition coefficient (Wildman–Crippen LogP) is 2.08. The van der Waals surface area contributed by atoms with E-state index in [1.54, 1.807) is 12.1 Å². The van der Waals surface area contributed by atoms with Crippen molar-refractivity contribution in [2.75, 3.05) is 31.5 Å². The standard InChI is InChI=1S/C16H23BrN4O2/c17-13-3-5-14(6-4-13)21-16(23)19-9-7-15(22)20-11-12-2-1-8-18-10-12/h3-6,12,18H,1-2,7-11H2,(H,20,22)(H2,19,21,23). The van der Waals surface area contributed by atoms with Crippen molar-refractivity contribution >= 4 is 33.6 Å². The number of carbonyl (C=O) groups is 2. The van der Waals surface area contributed by atoms with Crippen molar-refractivity contribution < 1.29 is 9.59 Å².